The first-order valence-corrected chi connectivity index (χ1v) is 8.28. The van der Waals surface area contributed by atoms with Gasteiger partial charge < -0.3 is 10.2 Å². The SMILES string of the molecule is Cc1cc(C#N)ccc1C(=O)N1Cc2cnn(C)c2Nc2ccccc21. The number of aromatic nitrogens is 2. The predicted molar refractivity (Wildman–Crippen MR) is 99.3 cm³/mol. The lowest BCUT2D eigenvalue weighted by Crippen LogP contribution is -2.30. The highest BCUT2D eigenvalue weighted by Gasteiger charge is 2.27. The maximum atomic E-state index is 13.3. The molecule has 0 fully saturated rings. The van der Waals surface area contributed by atoms with Crippen LogP contribution in [-0.4, -0.2) is 15.7 Å². The Morgan fingerprint density at radius 1 is 1.27 bits per heavy atom. The average Bonchev–Trinajstić information content (AvgIpc) is 2.90. The van der Waals surface area contributed by atoms with Gasteiger partial charge in [0.15, 0.2) is 0 Å². The molecule has 6 nitrogen and oxygen atoms in total. The Balaban J connectivity index is 1.82. The minimum atomic E-state index is -0.0991. The van der Waals surface area contributed by atoms with Crippen molar-refractivity contribution in [2.75, 3.05) is 10.2 Å². The summed E-state index contributed by atoms with van der Waals surface area (Å²) in [5, 5.41) is 16.7. The van der Waals surface area contributed by atoms with Gasteiger partial charge in [-0.25, -0.2) is 0 Å². The molecule has 0 saturated carbocycles. The number of carbonyl (C=O) groups excluding carboxylic acids is 1. The van der Waals surface area contributed by atoms with Crippen LogP contribution >= 0.6 is 0 Å². The fraction of sp³-hybridized carbons (Fsp3) is 0.150. The molecule has 0 spiro atoms. The molecule has 0 saturated heterocycles. The minimum Gasteiger partial charge on any atom is -0.338 e. The molecule has 2 heterocycles. The van der Waals surface area contributed by atoms with Crippen LogP contribution in [-0.2, 0) is 13.6 Å². The molecule has 26 heavy (non-hydrogen) atoms. The van der Waals surface area contributed by atoms with Crippen LogP contribution in [0.5, 0.6) is 0 Å². The summed E-state index contributed by atoms with van der Waals surface area (Å²) >= 11 is 0. The predicted octanol–water partition coefficient (Wildman–Crippen LogP) is 3.50. The van der Waals surface area contributed by atoms with E-state index < -0.39 is 0 Å². The molecule has 0 bridgehead atoms. The maximum absolute atomic E-state index is 13.3. The monoisotopic (exact) mass is 343 g/mol. The first-order chi connectivity index (χ1) is 12.6. The Hall–Kier alpha value is -3.59. The van der Waals surface area contributed by atoms with E-state index in [1.807, 2.05) is 38.2 Å². The standard InChI is InChI=1S/C20H17N5O/c1-13-9-14(10-21)7-8-16(13)20(26)25-12-15-11-22-24(2)19(15)23-17-5-3-4-6-18(17)25/h3-9,11,23H,12H2,1-2H3. The van der Waals surface area contributed by atoms with E-state index in [1.54, 1.807) is 34.0 Å². The van der Waals surface area contributed by atoms with Gasteiger partial charge in [0, 0.05) is 18.2 Å². The molecular weight excluding hydrogens is 326 g/mol. The highest BCUT2D eigenvalue weighted by molar-refractivity contribution is 6.09. The number of hydrogen-bond acceptors (Lipinski definition) is 4. The van der Waals surface area contributed by atoms with Crippen molar-refractivity contribution in [1.82, 2.24) is 9.78 Å². The van der Waals surface area contributed by atoms with Crippen LogP contribution in [0.2, 0.25) is 0 Å². The van der Waals surface area contributed by atoms with E-state index in [2.05, 4.69) is 16.5 Å². The number of para-hydroxylation sites is 2. The van der Waals surface area contributed by atoms with Crippen molar-refractivity contribution < 1.29 is 4.79 Å². The highest BCUT2D eigenvalue weighted by Crippen LogP contribution is 2.36. The molecule has 4 rings (SSSR count). The van der Waals surface area contributed by atoms with E-state index in [0.717, 1.165) is 28.3 Å². The zero-order chi connectivity index (χ0) is 18.3. The Kier molecular flexibility index (Phi) is 3.70. The Morgan fingerprint density at radius 2 is 2.08 bits per heavy atom. The minimum absolute atomic E-state index is 0.0991. The summed E-state index contributed by atoms with van der Waals surface area (Å²) in [6, 6.07) is 15.0. The smallest absolute Gasteiger partial charge is 0.258 e. The molecule has 0 aliphatic carbocycles. The highest BCUT2D eigenvalue weighted by atomic mass is 16.2. The van der Waals surface area contributed by atoms with Crippen molar-refractivity contribution in [2.45, 2.75) is 13.5 Å². The number of benzene rings is 2. The van der Waals surface area contributed by atoms with Gasteiger partial charge in [0.2, 0.25) is 0 Å². The largest absolute Gasteiger partial charge is 0.338 e. The lowest BCUT2D eigenvalue weighted by molar-refractivity contribution is 0.0985. The first-order valence-electron chi connectivity index (χ1n) is 8.28. The summed E-state index contributed by atoms with van der Waals surface area (Å²) in [6.45, 7) is 2.27. The molecular formula is C20H17N5O. The summed E-state index contributed by atoms with van der Waals surface area (Å²) in [7, 11) is 1.87. The van der Waals surface area contributed by atoms with E-state index >= 15 is 0 Å². The summed E-state index contributed by atoms with van der Waals surface area (Å²) < 4.78 is 1.77. The Morgan fingerprint density at radius 3 is 2.85 bits per heavy atom. The third-order valence-corrected chi connectivity index (χ3v) is 4.62. The van der Waals surface area contributed by atoms with Crippen molar-refractivity contribution in [1.29, 1.82) is 5.26 Å². The van der Waals surface area contributed by atoms with Gasteiger partial charge in [-0.2, -0.15) is 10.4 Å². The van der Waals surface area contributed by atoms with Crippen LogP contribution in [0.4, 0.5) is 17.2 Å². The van der Waals surface area contributed by atoms with E-state index in [4.69, 9.17) is 5.26 Å². The summed E-state index contributed by atoms with van der Waals surface area (Å²) in [6.07, 6.45) is 1.78. The summed E-state index contributed by atoms with van der Waals surface area (Å²) in [4.78, 5) is 15.1. The average molecular weight is 343 g/mol. The summed E-state index contributed by atoms with van der Waals surface area (Å²) in [5.41, 5.74) is 4.54. The van der Waals surface area contributed by atoms with Gasteiger partial charge in [-0.15, -0.1) is 0 Å². The van der Waals surface area contributed by atoms with Gasteiger partial charge in [0.1, 0.15) is 5.82 Å². The molecule has 1 aliphatic heterocycles. The second-order valence-electron chi connectivity index (χ2n) is 6.32. The fourth-order valence-corrected chi connectivity index (χ4v) is 3.26. The number of nitrogens with one attached hydrogen (secondary N) is 1. The Bertz CT molecular complexity index is 1060. The number of hydrogen-bond donors (Lipinski definition) is 1. The van der Waals surface area contributed by atoms with Crippen LogP contribution in [0.25, 0.3) is 0 Å². The van der Waals surface area contributed by atoms with Crippen LogP contribution in [0.3, 0.4) is 0 Å². The number of fused-ring (bicyclic) bond motifs is 2. The molecule has 0 unspecified atom stereocenters. The third-order valence-electron chi connectivity index (χ3n) is 4.62. The quantitative estimate of drug-likeness (QED) is 0.734. The van der Waals surface area contributed by atoms with E-state index in [1.165, 1.54) is 0 Å². The number of rotatable bonds is 1. The second kappa shape index (κ2) is 6.05. The molecule has 0 atom stereocenters. The zero-order valence-electron chi connectivity index (χ0n) is 14.5. The Labute approximate surface area is 151 Å². The van der Waals surface area contributed by atoms with Gasteiger partial charge in [0.05, 0.1) is 35.7 Å². The van der Waals surface area contributed by atoms with Crippen molar-refractivity contribution in [3.63, 3.8) is 0 Å². The fourth-order valence-electron chi connectivity index (χ4n) is 3.26. The number of aryl methyl sites for hydroxylation is 2. The molecule has 3 aromatic rings. The number of anilines is 3. The van der Waals surface area contributed by atoms with Gasteiger partial charge in [-0.1, -0.05) is 12.1 Å². The van der Waals surface area contributed by atoms with Crippen molar-refractivity contribution in [3.05, 3.63) is 70.9 Å². The summed E-state index contributed by atoms with van der Waals surface area (Å²) in [5.74, 6) is 0.780. The van der Waals surface area contributed by atoms with Crippen molar-refractivity contribution in [3.8, 4) is 6.07 Å². The lowest BCUT2D eigenvalue weighted by atomic mass is 10.0. The van der Waals surface area contributed by atoms with Gasteiger partial charge >= 0.3 is 0 Å². The molecule has 128 valence electrons. The molecule has 6 heteroatoms. The van der Waals surface area contributed by atoms with E-state index in [-0.39, 0.29) is 5.91 Å². The second-order valence-corrected chi connectivity index (χ2v) is 6.32. The normalized spacial score (nSPS) is 12.4. The lowest BCUT2D eigenvalue weighted by Gasteiger charge is -2.23. The molecule has 2 aromatic carbocycles. The maximum Gasteiger partial charge on any atom is 0.258 e. The van der Waals surface area contributed by atoms with Crippen molar-refractivity contribution >= 4 is 23.1 Å². The topological polar surface area (TPSA) is 74.0 Å². The van der Waals surface area contributed by atoms with Crippen LogP contribution in [0.15, 0.2) is 48.7 Å². The van der Waals surface area contributed by atoms with Crippen LogP contribution in [0.1, 0.15) is 27.0 Å². The third kappa shape index (κ3) is 2.50. The first kappa shape index (κ1) is 15.9. The molecule has 1 N–H and O–H groups in total. The van der Waals surface area contributed by atoms with Crippen molar-refractivity contribution in [2.24, 2.45) is 7.05 Å². The number of carbonyl (C=O) groups is 1. The zero-order valence-corrected chi connectivity index (χ0v) is 14.5. The number of nitrogens with zero attached hydrogens (tertiary/aromatic N) is 4. The van der Waals surface area contributed by atoms with Crippen LogP contribution in [0, 0.1) is 18.3 Å². The van der Waals surface area contributed by atoms with Gasteiger partial charge in [0.25, 0.3) is 5.91 Å². The van der Waals surface area contributed by atoms with Crippen LogP contribution < -0.4 is 10.2 Å². The molecule has 1 amide bonds. The van der Waals surface area contributed by atoms with Gasteiger partial charge in [-0.05, 0) is 42.8 Å². The molecule has 1 aromatic heterocycles. The van der Waals surface area contributed by atoms with Gasteiger partial charge in [-0.3, -0.25) is 9.48 Å². The van der Waals surface area contributed by atoms with E-state index in [9.17, 15) is 4.79 Å². The molecule has 1 aliphatic rings. The number of amides is 1. The van der Waals surface area contributed by atoms with E-state index in [0.29, 0.717) is 17.7 Å². The number of nitriles is 1. The molecule has 0 radical (unpaired) electrons.